The van der Waals surface area contributed by atoms with Gasteiger partial charge in [-0.15, -0.1) is 0 Å². The maximum atomic E-state index is 13.1. The molecule has 0 bridgehead atoms. The molecule has 2 atom stereocenters. The van der Waals surface area contributed by atoms with Crippen molar-refractivity contribution in [2.75, 3.05) is 20.3 Å². The Balaban J connectivity index is 1.74. The van der Waals surface area contributed by atoms with Crippen LogP contribution in [0, 0.1) is 0 Å². The van der Waals surface area contributed by atoms with Crippen molar-refractivity contribution in [2.45, 2.75) is 50.5 Å². The lowest BCUT2D eigenvalue weighted by atomic mass is 9.94. The topological polar surface area (TPSA) is 121 Å². The van der Waals surface area contributed by atoms with Crippen LogP contribution in [0.1, 0.15) is 56.0 Å². The Morgan fingerprint density at radius 3 is 2.88 bits per heavy atom. The number of thioether (sulfide) groups is 1. The van der Waals surface area contributed by atoms with E-state index in [0.717, 1.165) is 23.4 Å². The number of hydrogen-bond acceptors (Lipinski definition) is 7. The number of hydrogen-bond donors (Lipinski definition) is 2. The van der Waals surface area contributed by atoms with Crippen LogP contribution in [0.15, 0.2) is 28.0 Å². The molecule has 172 valence electrons. The molecule has 2 aliphatic heterocycles. The minimum Gasteiger partial charge on any atom is -0.493 e. The number of nitrogens with one attached hydrogen (secondary N) is 1. The van der Waals surface area contributed by atoms with Gasteiger partial charge >= 0.3 is 0 Å². The number of primary amides is 1. The number of rotatable bonds is 6. The van der Waals surface area contributed by atoms with Gasteiger partial charge in [-0.3, -0.25) is 19.4 Å². The van der Waals surface area contributed by atoms with Crippen LogP contribution in [0.3, 0.4) is 0 Å². The second kappa shape index (κ2) is 8.67. The van der Waals surface area contributed by atoms with Gasteiger partial charge in [-0.2, -0.15) is 0 Å². The van der Waals surface area contributed by atoms with Gasteiger partial charge in [-0.1, -0.05) is 17.8 Å². The van der Waals surface area contributed by atoms with Gasteiger partial charge in [0.1, 0.15) is 0 Å². The first-order valence-corrected chi connectivity index (χ1v) is 11.4. The van der Waals surface area contributed by atoms with Crippen LogP contribution >= 0.6 is 11.8 Å². The van der Waals surface area contributed by atoms with Gasteiger partial charge in [0, 0.05) is 6.61 Å². The van der Waals surface area contributed by atoms with Crippen LogP contribution in [-0.2, 0) is 9.53 Å². The first-order valence-electron chi connectivity index (χ1n) is 10.5. The Morgan fingerprint density at radius 2 is 2.19 bits per heavy atom. The Morgan fingerprint density at radius 1 is 1.41 bits per heavy atom. The summed E-state index contributed by atoms with van der Waals surface area (Å²) in [5.74, 6) is 0.961. The number of amides is 1. The molecule has 0 radical (unpaired) electrons. The minimum atomic E-state index is -0.581. The monoisotopic (exact) mass is 460 g/mol. The molecular weight excluding hydrogens is 432 g/mol. The smallest absolute Gasteiger partial charge is 0.271 e. The number of ether oxygens (including phenoxy) is 3. The second-order valence-corrected chi connectivity index (χ2v) is 9.89. The molecule has 0 spiro atoms. The number of aliphatic imine (C=N–C) groups is 1. The average Bonchev–Trinajstić information content (AvgIpc) is 3.07. The zero-order valence-electron chi connectivity index (χ0n) is 18.6. The third kappa shape index (κ3) is 4.42. The summed E-state index contributed by atoms with van der Waals surface area (Å²) in [7, 11) is 1.52. The van der Waals surface area contributed by atoms with Crippen LogP contribution < -0.4 is 20.8 Å². The summed E-state index contributed by atoms with van der Waals surface area (Å²) in [4.78, 5) is 29.0. The van der Waals surface area contributed by atoms with Crippen molar-refractivity contribution in [1.29, 1.82) is 0 Å². The first kappa shape index (κ1) is 22.5. The molecule has 1 aromatic carbocycles. The number of nitrogens with two attached hydrogens (primary N) is 1. The van der Waals surface area contributed by atoms with E-state index in [0.29, 0.717) is 29.5 Å². The number of carbonyl (C=O) groups excluding carboxylic acids is 1. The van der Waals surface area contributed by atoms with Gasteiger partial charge in [-0.25, -0.2) is 4.99 Å². The van der Waals surface area contributed by atoms with Crippen LogP contribution in [0.4, 0.5) is 5.82 Å². The van der Waals surface area contributed by atoms with E-state index in [2.05, 4.69) is 18.9 Å². The number of carbonyl (C=O) groups is 1. The molecular formula is C22H28N4O5S. The highest BCUT2D eigenvalue weighted by Crippen LogP contribution is 2.46. The van der Waals surface area contributed by atoms with Gasteiger partial charge in [0.05, 0.1) is 34.6 Å². The zero-order chi connectivity index (χ0) is 23.0. The van der Waals surface area contributed by atoms with Crippen molar-refractivity contribution >= 4 is 28.5 Å². The van der Waals surface area contributed by atoms with E-state index in [-0.39, 0.29) is 29.1 Å². The van der Waals surface area contributed by atoms with Crippen LogP contribution in [0.25, 0.3) is 0 Å². The molecule has 3 N–H and O–H groups in total. The van der Waals surface area contributed by atoms with Crippen molar-refractivity contribution in [1.82, 2.24) is 9.78 Å². The highest BCUT2D eigenvalue weighted by molar-refractivity contribution is 8.14. The molecule has 32 heavy (non-hydrogen) atoms. The minimum absolute atomic E-state index is 0.0980. The fourth-order valence-electron chi connectivity index (χ4n) is 4.25. The summed E-state index contributed by atoms with van der Waals surface area (Å²) >= 11 is 1.51. The Hall–Kier alpha value is -2.72. The number of aromatic amines is 1. The summed E-state index contributed by atoms with van der Waals surface area (Å²) in [6.45, 7) is 6.42. The fourth-order valence-corrected chi connectivity index (χ4v) is 5.34. The largest absolute Gasteiger partial charge is 0.493 e. The Kier molecular flexibility index (Phi) is 6.09. The Bertz CT molecular complexity index is 1120. The second-order valence-electron chi connectivity index (χ2n) is 8.60. The molecule has 2 aromatic rings. The van der Waals surface area contributed by atoms with E-state index in [1.165, 1.54) is 18.9 Å². The van der Waals surface area contributed by atoms with E-state index in [9.17, 15) is 9.59 Å². The quantitative estimate of drug-likeness (QED) is 0.683. The number of benzene rings is 1. The van der Waals surface area contributed by atoms with Gasteiger partial charge in [0.15, 0.2) is 23.9 Å². The lowest BCUT2D eigenvalue weighted by molar-refractivity contribution is -0.119. The summed E-state index contributed by atoms with van der Waals surface area (Å²) < 4.78 is 18.7. The maximum absolute atomic E-state index is 13.1. The fraction of sp³-hybridized carbons (Fsp3) is 0.500. The van der Waals surface area contributed by atoms with E-state index in [4.69, 9.17) is 24.9 Å². The van der Waals surface area contributed by atoms with E-state index < -0.39 is 5.91 Å². The van der Waals surface area contributed by atoms with Crippen LogP contribution in [0.5, 0.6) is 11.5 Å². The summed E-state index contributed by atoms with van der Waals surface area (Å²) in [5, 5.41) is 3.61. The van der Waals surface area contributed by atoms with Gasteiger partial charge in [-0.05, 0) is 51.3 Å². The maximum Gasteiger partial charge on any atom is 0.271 e. The third-order valence-electron chi connectivity index (χ3n) is 5.65. The molecule has 1 fully saturated rings. The highest BCUT2D eigenvalue weighted by Gasteiger charge is 2.36. The standard InChI is InChI=1S/C22H28N4O5S/c1-12-24-20-18(21(28)25-26(20)14-7-8-31-22(2,3)10-14)19(32-12)13-5-6-15(29-4)16(9-13)30-11-17(23)27/h5-6,9,14,19H,7-8,10-11H2,1-4H3,(H2,23,27)(H,25,28). The summed E-state index contributed by atoms with van der Waals surface area (Å²) in [6.07, 6.45) is 1.59. The van der Waals surface area contributed by atoms with Crippen molar-refractivity contribution < 1.29 is 19.0 Å². The molecule has 2 aliphatic rings. The first-order chi connectivity index (χ1) is 15.2. The van der Waals surface area contributed by atoms with Gasteiger partial charge < -0.3 is 19.9 Å². The molecule has 3 heterocycles. The van der Waals surface area contributed by atoms with E-state index in [1.54, 1.807) is 12.1 Å². The summed E-state index contributed by atoms with van der Waals surface area (Å²) in [6, 6.07) is 5.54. The van der Waals surface area contributed by atoms with Gasteiger partial charge in [0.2, 0.25) is 0 Å². The zero-order valence-corrected chi connectivity index (χ0v) is 19.5. The average molecular weight is 461 g/mol. The van der Waals surface area contributed by atoms with E-state index in [1.807, 2.05) is 17.7 Å². The number of H-pyrrole nitrogens is 1. The number of fused-ring (bicyclic) bond motifs is 1. The molecule has 0 saturated carbocycles. The van der Waals surface area contributed by atoms with Crippen molar-refractivity contribution in [3.8, 4) is 11.5 Å². The lowest BCUT2D eigenvalue weighted by Crippen LogP contribution is -2.35. The van der Waals surface area contributed by atoms with Crippen molar-refractivity contribution in [3.63, 3.8) is 0 Å². The SMILES string of the molecule is COc1ccc(C2SC(C)=Nc3c2c(=O)[nH]n3C2CCOC(C)(C)C2)cc1OCC(N)=O. The molecule has 9 nitrogen and oxygen atoms in total. The normalized spacial score (nSPS) is 22.1. The molecule has 1 aromatic heterocycles. The molecule has 0 aliphatic carbocycles. The lowest BCUT2D eigenvalue weighted by Gasteiger charge is -2.36. The van der Waals surface area contributed by atoms with E-state index >= 15 is 0 Å². The molecule has 2 unspecified atom stereocenters. The van der Waals surface area contributed by atoms with Crippen molar-refractivity contribution in [2.24, 2.45) is 10.7 Å². The molecule has 1 amide bonds. The van der Waals surface area contributed by atoms with Gasteiger partial charge in [0.25, 0.3) is 11.5 Å². The predicted octanol–water partition coefficient (Wildman–Crippen LogP) is 3.07. The molecule has 1 saturated heterocycles. The summed E-state index contributed by atoms with van der Waals surface area (Å²) in [5.41, 5.74) is 6.26. The Labute approximate surface area is 190 Å². The van der Waals surface area contributed by atoms with Crippen molar-refractivity contribution in [3.05, 3.63) is 39.7 Å². The van der Waals surface area contributed by atoms with Crippen LogP contribution in [0.2, 0.25) is 0 Å². The molecule has 10 heteroatoms. The molecule has 4 rings (SSSR count). The van der Waals surface area contributed by atoms with Crippen LogP contribution in [-0.4, -0.2) is 46.7 Å². The predicted molar refractivity (Wildman–Crippen MR) is 123 cm³/mol. The number of methoxy groups -OCH3 is 1. The number of nitrogens with zero attached hydrogens (tertiary/aromatic N) is 2. The third-order valence-corrected chi connectivity index (χ3v) is 6.82. The highest BCUT2D eigenvalue weighted by atomic mass is 32.2. The number of aromatic nitrogens is 2.